The second kappa shape index (κ2) is 10.1. The molecule has 0 aliphatic carbocycles. The van der Waals surface area contributed by atoms with Crippen molar-refractivity contribution >= 4 is 23.2 Å². The van der Waals surface area contributed by atoms with Crippen molar-refractivity contribution in [3.63, 3.8) is 0 Å². The molecule has 0 aliphatic heterocycles. The van der Waals surface area contributed by atoms with E-state index in [1.807, 2.05) is 31.2 Å². The van der Waals surface area contributed by atoms with Crippen molar-refractivity contribution in [3.8, 4) is 11.5 Å². The Balaban J connectivity index is 1.53. The Kier molecular flexibility index (Phi) is 7.05. The van der Waals surface area contributed by atoms with E-state index in [9.17, 15) is 9.59 Å². The number of para-hydroxylation sites is 1. The van der Waals surface area contributed by atoms with E-state index in [4.69, 9.17) is 9.47 Å². The Morgan fingerprint density at radius 2 is 1.47 bits per heavy atom. The molecule has 0 bridgehead atoms. The molecule has 0 heterocycles. The Hall–Kier alpha value is -3.80. The van der Waals surface area contributed by atoms with Crippen LogP contribution >= 0.6 is 0 Å². The number of aryl methyl sites for hydroxylation is 1. The predicted molar refractivity (Wildman–Crippen MR) is 117 cm³/mol. The van der Waals surface area contributed by atoms with Crippen molar-refractivity contribution < 1.29 is 19.1 Å². The summed E-state index contributed by atoms with van der Waals surface area (Å²) in [7, 11) is 1.59. The molecule has 2 amide bonds. The molecule has 3 rings (SSSR count). The summed E-state index contributed by atoms with van der Waals surface area (Å²) in [6.45, 7) is 1.95. The molecule has 0 saturated carbocycles. The third-order valence-corrected chi connectivity index (χ3v) is 4.49. The van der Waals surface area contributed by atoms with Gasteiger partial charge in [0.2, 0.25) is 0 Å². The molecule has 0 radical (unpaired) electrons. The van der Waals surface area contributed by atoms with Gasteiger partial charge in [-0.05, 0) is 66.6 Å². The Morgan fingerprint density at radius 3 is 2.13 bits per heavy atom. The quantitative estimate of drug-likeness (QED) is 0.578. The zero-order chi connectivity index (χ0) is 21.3. The summed E-state index contributed by atoms with van der Waals surface area (Å²) in [6, 6.07) is 21.4. The largest absolute Gasteiger partial charge is 0.497 e. The van der Waals surface area contributed by atoms with Gasteiger partial charge in [0.25, 0.3) is 11.8 Å². The number of benzene rings is 3. The molecule has 0 unspecified atom stereocenters. The molecule has 6 heteroatoms. The smallest absolute Gasteiger partial charge is 0.262 e. The van der Waals surface area contributed by atoms with Crippen LogP contribution in [-0.4, -0.2) is 25.5 Å². The fraction of sp³-hybridized carbons (Fsp3) is 0.167. The van der Waals surface area contributed by atoms with E-state index in [1.54, 1.807) is 55.6 Å². The summed E-state index contributed by atoms with van der Waals surface area (Å²) in [5.41, 5.74) is 2.80. The van der Waals surface area contributed by atoms with Gasteiger partial charge in [0, 0.05) is 16.9 Å². The first kappa shape index (κ1) is 20.9. The zero-order valence-corrected chi connectivity index (χ0v) is 17.0. The van der Waals surface area contributed by atoms with Gasteiger partial charge in [0.15, 0.2) is 6.61 Å². The molecule has 0 aromatic heterocycles. The Labute approximate surface area is 175 Å². The van der Waals surface area contributed by atoms with Crippen LogP contribution in [-0.2, 0) is 11.2 Å². The first-order valence-electron chi connectivity index (χ1n) is 9.65. The molecule has 30 heavy (non-hydrogen) atoms. The van der Waals surface area contributed by atoms with Crippen LogP contribution in [0.5, 0.6) is 11.5 Å². The van der Waals surface area contributed by atoms with Gasteiger partial charge in [-0.3, -0.25) is 9.59 Å². The van der Waals surface area contributed by atoms with Gasteiger partial charge in [-0.15, -0.1) is 0 Å². The maximum atomic E-state index is 12.4. The van der Waals surface area contributed by atoms with Crippen LogP contribution < -0.4 is 20.1 Å². The summed E-state index contributed by atoms with van der Waals surface area (Å²) < 4.78 is 10.7. The molecule has 0 saturated heterocycles. The SMILES string of the molecule is CCc1ccccc1OCC(=O)Nc1ccc(C(=O)Nc2ccc(OC)cc2)cc1. The van der Waals surface area contributed by atoms with Crippen LogP contribution in [0.1, 0.15) is 22.8 Å². The van der Waals surface area contributed by atoms with Crippen molar-refractivity contribution in [2.45, 2.75) is 13.3 Å². The van der Waals surface area contributed by atoms with Gasteiger partial charge >= 0.3 is 0 Å². The molecule has 0 atom stereocenters. The number of nitrogens with one attached hydrogen (secondary N) is 2. The molecular weight excluding hydrogens is 380 g/mol. The normalized spacial score (nSPS) is 10.2. The summed E-state index contributed by atoms with van der Waals surface area (Å²) >= 11 is 0. The van der Waals surface area contributed by atoms with Gasteiger partial charge in [-0.25, -0.2) is 0 Å². The lowest BCUT2D eigenvalue weighted by molar-refractivity contribution is -0.118. The summed E-state index contributed by atoms with van der Waals surface area (Å²) in [5.74, 6) is 0.921. The summed E-state index contributed by atoms with van der Waals surface area (Å²) in [4.78, 5) is 24.5. The average Bonchev–Trinajstić information content (AvgIpc) is 2.79. The maximum Gasteiger partial charge on any atom is 0.262 e. The lowest BCUT2D eigenvalue weighted by atomic mass is 10.1. The van der Waals surface area contributed by atoms with Crippen molar-refractivity contribution in [2.24, 2.45) is 0 Å². The number of anilines is 2. The van der Waals surface area contributed by atoms with Gasteiger partial charge in [0.1, 0.15) is 11.5 Å². The summed E-state index contributed by atoms with van der Waals surface area (Å²) in [5, 5.41) is 5.59. The number of ether oxygens (including phenoxy) is 2. The lowest BCUT2D eigenvalue weighted by Crippen LogP contribution is -2.20. The van der Waals surface area contributed by atoms with Gasteiger partial charge in [-0.2, -0.15) is 0 Å². The summed E-state index contributed by atoms with van der Waals surface area (Å²) in [6.07, 6.45) is 0.831. The maximum absolute atomic E-state index is 12.4. The van der Waals surface area contributed by atoms with E-state index in [0.717, 1.165) is 17.7 Å². The number of hydrogen-bond acceptors (Lipinski definition) is 4. The fourth-order valence-electron chi connectivity index (χ4n) is 2.86. The van der Waals surface area contributed by atoms with E-state index in [1.165, 1.54) is 0 Å². The van der Waals surface area contributed by atoms with Gasteiger partial charge in [0.05, 0.1) is 7.11 Å². The topological polar surface area (TPSA) is 76.7 Å². The van der Waals surface area contributed by atoms with Crippen LogP contribution in [0.4, 0.5) is 11.4 Å². The minimum Gasteiger partial charge on any atom is -0.497 e. The zero-order valence-electron chi connectivity index (χ0n) is 17.0. The van der Waals surface area contributed by atoms with E-state index < -0.39 is 0 Å². The van der Waals surface area contributed by atoms with E-state index >= 15 is 0 Å². The monoisotopic (exact) mass is 404 g/mol. The molecule has 3 aromatic rings. The van der Waals surface area contributed by atoms with Crippen LogP contribution in [0.25, 0.3) is 0 Å². The third-order valence-electron chi connectivity index (χ3n) is 4.49. The molecule has 2 N–H and O–H groups in total. The molecule has 0 aliphatic rings. The van der Waals surface area contributed by atoms with E-state index in [-0.39, 0.29) is 18.4 Å². The first-order chi connectivity index (χ1) is 14.6. The Morgan fingerprint density at radius 1 is 0.833 bits per heavy atom. The number of carbonyl (C=O) groups is 2. The minimum atomic E-state index is -0.267. The number of hydrogen-bond donors (Lipinski definition) is 2. The standard InChI is InChI=1S/C24H24N2O4/c1-3-17-6-4-5-7-22(17)30-16-23(27)25-19-10-8-18(9-11-19)24(28)26-20-12-14-21(29-2)15-13-20/h4-15H,3,16H2,1-2H3,(H,25,27)(H,26,28). The fourth-order valence-corrected chi connectivity index (χ4v) is 2.86. The third kappa shape index (κ3) is 5.61. The number of methoxy groups -OCH3 is 1. The van der Waals surface area contributed by atoms with Gasteiger partial charge in [-0.1, -0.05) is 25.1 Å². The van der Waals surface area contributed by atoms with Crippen LogP contribution in [0, 0.1) is 0 Å². The second-order valence-electron chi connectivity index (χ2n) is 6.56. The van der Waals surface area contributed by atoms with Crippen molar-refractivity contribution in [3.05, 3.63) is 83.9 Å². The molecule has 6 nitrogen and oxygen atoms in total. The predicted octanol–water partition coefficient (Wildman–Crippen LogP) is 4.53. The first-order valence-corrected chi connectivity index (χ1v) is 9.65. The minimum absolute atomic E-state index is 0.0866. The number of carbonyl (C=O) groups excluding carboxylic acids is 2. The average molecular weight is 404 g/mol. The molecule has 154 valence electrons. The highest BCUT2D eigenvalue weighted by Gasteiger charge is 2.09. The second-order valence-corrected chi connectivity index (χ2v) is 6.56. The van der Waals surface area contributed by atoms with E-state index in [2.05, 4.69) is 10.6 Å². The molecular formula is C24H24N2O4. The van der Waals surface area contributed by atoms with Crippen molar-refractivity contribution in [1.29, 1.82) is 0 Å². The Bertz CT molecular complexity index is 998. The van der Waals surface area contributed by atoms with Gasteiger partial charge < -0.3 is 20.1 Å². The van der Waals surface area contributed by atoms with Crippen LogP contribution in [0.2, 0.25) is 0 Å². The number of amides is 2. The van der Waals surface area contributed by atoms with Crippen molar-refractivity contribution in [2.75, 3.05) is 24.4 Å². The lowest BCUT2D eigenvalue weighted by Gasteiger charge is -2.11. The highest BCUT2D eigenvalue weighted by atomic mass is 16.5. The highest BCUT2D eigenvalue weighted by Crippen LogP contribution is 2.19. The van der Waals surface area contributed by atoms with Crippen LogP contribution in [0.15, 0.2) is 72.8 Å². The van der Waals surface area contributed by atoms with Crippen molar-refractivity contribution in [1.82, 2.24) is 0 Å². The van der Waals surface area contributed by atoms with E-state index in [0.29, 0.717) is 22.7 Å². The molecule has 0 fully saturated rings. The molecule has 0 spiro atoms. The number of rotatable bonds is 8. The van der Waals surface area contributed by atoms with Crippen LogP contribution in [0.3, 0.4) is 0 Å². The molecule has 3 aromatic carbocycles. The highest BCUT2D eigenvalue weighted by molar-refractivity contribution is 6.04.